The summed E-state index contributed by atoms with van der Waals surface area (Å²) in [6.07, 6.45) is 8.55. The van der Waals surface area contributed by atoms with E-state index in [1.807, 2.05) is 24.4 Å². The van der Waals surface area contributed by atoms with Crippen LogP contribution < -0.4 is 0 Å². The second kappa shape index (κ2) is 4.95. The lowest BCUT2D eigenvalue weighted by atomic mass is 9.97. The van der Waals surface area contributed by atoms with Gasteiger partial charge in [-0.1, -0.05) is 12.5 Å². The van der Waals surface area contributed by atoms with Crippen LogP contribution in [-0.2, 0) is 12.8 Å². The van der Waals surface area contributed by atoms with E-state index in [4.69, 9.17) is 0 Å². The molecule has 106 valence electrons. The van der Waals surface area contributed by atoms with Gasteiger partial charge in [0.05, 0.1) is 5.52 Å². The molecule has 0 saturated heterocycles. The van der Waals surface area contributed by atoms with E-state index in [2.05, 4.69) is 16.1 Å². The van der Waals surface area contributed by atoms with Crippen molar-refractivity contribution in [3.05, 3.63) is 53.7 Å². The Morgan fingerprint density at radius 2 is 1.95 bits per heavy atom. The van der Waals surface area contributed by atoms with Gasteiger partial charge in [0.25, 0.3) is 0 Å². The van der Waals surface area contributed by atoms with E-state index in [9.17, 15) is 4.39 Å². The number of rotatable bonds is 1. The fraction of sp³-hybridized carbons (Fsp3) is 0.294. The van der Waals surface area contributed by atoms with Crippen LogP contribution in [0.25, 0.3) is 16.8 Å². The van der Waals surface area contributed by atoms with E-state index in [1.54, 1.807) is 4.52 Å². The first-order chi connectivity index (χ1) is 10.3. The lowest BCUT2D eigenvalue weighted by Crippen LogP contribution is -2.01. The number of halogens is 1. The molecule has 21 heavy (non-hydrogen) atoms. The molecule has 0 saturated carbocycles. The molecule has 0 amide bonds. The zero-order valence-electron chi connectivity index (χ0n) is 11.7. The molecule has 3 nitrogen and oxygen atoms in total. The minimum absolute atomic E-state index is 0.101. The second-order valence-corrected chi connectivity index (χ2v) is 5.57. The van der Waals surface area contributed by atoms with E-state index in [-0.39, 0.29) is 5.82 Å². The lowest BCUT2D eigenvalue weighted by molar-refractivity contribution is 0.606. The van der Waals surface area contributed by atoms with Crippen molar-refractivity contribution in [1.82, 2.24) is 14.6 Å². The molecular formula is C17H16FN3. The topological polar surface area (TPSA) is 30.2 Å². The second-order valence-electron chi connectivity index (χ2n) is 5.57. The van der Waals surface area contributed by atoms with Crippen LogP contribution in [0.15, 0.2) is 36.8 Å². The Kier molecular flexibility index (Phi) is 2.95. The van der Waals surface area contributed by atoms with Crippen LogP contribution in [0.2, 0.25) is 0 Å². The largest absolute Gasteiger partial charge is 0.237 e. The summed E-state index contributed by atoms with van der Waals surface area (Å²) >= 11 is 0. The summed E-state index contributed by atoms with van der Waals surface area (Å²) < 4.78 is 16.7. The van der Waals surface area contributed by atoms with Gasteiger partial charge in [0.2, 0.25) is 0 Å². The number of benzene rings is 1. The standard InChI is InChI=1S/C17H16FN3/c18-16-13-6-3-1-2-5-12(13)8-9-14(16)17-15-7-4-10-21(15)20-11-19-17/h4,7-11H,1-3,5-6H2. The lowest BCUT2D eigenvalue weighted by Gasteiger charge is -2.12. The minimum atomic E-state index is -0.101. The Bertz CT molecular complexity index is 807. The SMILES string of the molecule is Fc1c(-c2ncnn3cccc23)ccc2c1CCCCC2. The molecule has 0 fully saturated rings. The van der Waals surface area contributed by atoms with Crippen LogP contribution in [0.1, 0.15) is 30.4 Å². The number of hydrogen-bond donors (Lipinski definition) is 0. The van der Waals surface area contributed by atoms with Gasteiger partial charge < -0.3 is 0 Å². The van der Waals surface area contributed by atoms with Crippen LogP contribution in [-0.4, -0.2) is 14.6 Å². The zero-order valence-corrected chi connectivity index (χ0v) is 11.7. The summed E-state index contributed by atoms with van der Waals surface area (Å²) in [6, 6.07) is 7.75. The molecule has 0 radical (unpaired) electrons. The number of aryl methyl sites for hydroxylation is 1. The number of fused-ring (bicyclic) bond motifs is 2. The highest BCUT2D eigenvalue weighted by molar-refractivity contribution is 5.77. The molecule has 2 aromatic heterocycles. The maximum atomic E-state index is 15.0. The predicted octanol–water partition coefficient (Wildman–Crippen LogP) is 3.80. The fourth-order valence-electron chi connectivity index (χ4n) is 3.22. The van der Waals surface area contributed by atoms with Crippen molar-refractivity contribution < 1.29 is 4.39 Å². The van der Waals surface area contributed by atoms with Crippen molar-refractivity contribution in [2.75, 3.05) is 0 Å². The molecule has 0 N–H and O–H groups in total. The molecule has 0 atom stereocenters. The van der Waals surface area contributed by atoms with Gasteiger partial charge in [-0.2, -0.15) is 5.10 Å². The Morgan fingerprint density at radius 1 is 1.05 bits per heavy atom. The molecule has 4 heteroatoms. The third kappa shape index (κ3) is 2.02. The fourth-order valence-corrected chi connectivity index (χ4v) is 3.22. The average Bonchev–Trinajstić information content (AvgIpc) is 2.85. The van der Waals surface area contributed by atoms with Gasteiger partial charge in [0.1, 0.15) is 17.8 Å². The van der Waals surface area contributed by atoms with Crippen molar-refractivity contribution in [1.29, 1.82) is 0 Å². The molecule has 4 rings (SSSR count). The molecule has 0 spiro atoms. The summed E-state index contributed by atoms with van der Waals surface area (Å²) in [6.45, 7) is 0. The number of hydrogen-bond acceptors (Lipinski definition) is 2. The smallest absolute Gasteiger partial charge is 0.137 e. The van der Waals surface area contributed by atoms with E-state index in [1.165, 1.54) is 12.7 Å². The Morgan fingerprint density at radius 3 is 2.90 bits per heavy atom. The minimum Gasteiger partial charge on any atom is -0.237 e. The molecule has 2 heterocycles. The van der Waals surface area contributed by atoms with Gasteiger partial charge in [-0.3, -0.25) is 0 Å². The molecular weight excluding hydrogens is 265 g/mol. The summed E-state index contributed by atoms with van der Waals surface area (Å²) in [5.41, 5.74) is 4.13. The van der Waals surface area contributed by atoms with Gasteiger partial charge in [-0.05, 0) is 55.0 Å². The maximum absolute atomic E-state index is 15.0. The van der Waals surface area contributed by atoms with Crippen LogP contribution in [0.4, 0.5) is 4.39 Å². The van der Waals surface area contributed by atoms with Crippen molar-refractivity contribution in [3.8, 4) is 11.3 Å². The quantitative estimate of drug-likeness (QED) is 0.635. The third-order valence-electron chi connectivity index (χ3n) is 4.30. The Balaban J connectivity index is 1.93. The first kappa shape index (κ1) is 12.5. The molecule has 1 aliphatic carbocycles. The first-order valence-electron chi connectivity index (χ1n) is 7.43. The predicted molar refractivity (Wildman–Crippen MR) is 79.6 cm³/mol. The van der Waals surface area contributed by atoms with Gasteiger partial charge in [0.15, 0.2) is 0 Å². The normalized spacial score (nSPS) is 14.9. The Hall–Kier alpha value is -2.23. The third-order valence-corrected chi connectivity index (χ3v) is 4.30. The van der Waals surface area contributed by atoms with Gasteiger partial charge in [-0.15, -0.1) is 0 Å². The van der Waals surface area contributed by atoms with Crippen LogP contribution in [0.3, 0.4) is 0 Å². The van der Waals surface area contributed by atoms with E-state index in [0.29, 0.717) is 11.3 Å². The average molecular weight is 281 g/mol. The maximum Gasteiger partial charge on any atom is 0.137 e. The van der Waals surface area contributed by atoms with E-state index < -0.39 is 0 Å². The van der Waals surface area contributed by atoms with Crippen molar-refractivity contribution in [3.63, 3.8) is 0 Å². The van der Waals surface area contributed by atoms with Crippen LogP contribution in [0, 0.1) is 5.82 Å². The monoisotopic (exact) mass is 281 g/mol. The molecule has 0 bridgehead atoms. The summed E-state index contributed by atoms with van der Waals surface area (Å²) in [7, 11) is 0. The first-order valence-corrected chi connectivity index (χ1v) is 7.43. The van der Waals surface area contributed by atoms with E-state index in [0.717, 1.165) is 42.3 Å². The highest BCUT2D eigenvalue weighted by atomic mass is 19.1. The molecule has 1 aliphatic rings. The van der Waals surface area contributed by atoms with Gasteiger partial charge in [-0.25, -0.2) is 13.9 Å². The number of aromatic nitrogens is 3. The zero-order chi connectivity index (χ0) is 14.2. The summed E-state index contributed by atoms with van der Waals surface area (Å²) in [4.78, 5) is 4.31. The molecule has 3 aromatic rings. The van der Waals surface area contributed by atoms with Gasteiger partial charge in [0, 0.05) is 11.8 Å². The van der Waals surface area contributed by atoms with E-state index >= 15 is 0 Å². The summed E-state index contributed by atoms with van der Waals surface area (Å²) in [5.74, 6) is -0.101. The molecule has 0 unspecified atom stereocenters. The highest BCUT2D eigenvalue weighted by Crippen LogP contribution is 2.31. The van der Waals surface area contributed by atoms with Crippen molar-refractivity contribution in [2.24, 2.45) is 0 Å². The van der Waals surface area contributed by atoms with Crippen LogP contribution >= 0.6 is 0 Å². The molecule has 0 aliphatic heterocycles. The Labute approximate surface area is 122 Å². The number of nitrogens with zero attached hydrogens (tertiary/aromatic N) is 3. The highest BCUT2D eigenvalue weighted by Gasteiger charge is 2.18. The van der Waals surface area contributed by atoms with Crippen LogP contribution in [0.5, 0.6) is 0 Å². The van der Waals surface area contributed by atoms with Crippen molar-refractivity contribution >= 4 is 5.52 Å². The van der Waals surface area contributed by atoms with Crippen molar-refractivity contribution in [2.45, 2.75) is 32.1 Å². The molecule has 1 aromatic carbocycles. The van der Waals surface area contributed by atoms with Gasteiger partial charge >= 0.3 is 0 Å². The summed E-state index contributed by atoms with van der Waals surface area (Å²) in [5, 5.41) is 4.14.